The number of aryl methyl sites for hydroxylation is 2. The van der Waals surface area contributed by atoms with Crippen LogP contribution in [-0.2, 0) is 13.6 Å². The summed E-state index contributed by atoms with van der Waals surface area (Å²) < 4.78 is 1.90. The number of benzene rings is 1. The van der Waals surface area contributed by atoms with Crippen molar-refractivity contribution >= 4 is 23.4 Å². The van der Waals surface area contributed by atoms with Gasteiger partial charge in [-0.3, -0.25) is 4.68 Å². The molecule has 0 aliphatic rings. The van der Waals surface area contributed by atoms with Gasteiger partial charge in [0.2, 0.25) is 0 Å². The summed E-state index contributed by atoms with van der Waals surface area (Å²) in [6.07, 6.45) is 0. The Bertz CT molecular complexity index is 566. The zero-order valence-electron chi connectivity index (χ0n) is 11.4. The third kappa shape index (κ3) is 3.75. The van der Waals surface area contributed by atoms with Gasteiger partial charge in [-0.2, -0.15) is 5.10 Å². The third-order valence-corrected chi connectivity index (χ3v) is 4.19. The fraction of sp³-hybridized carbons (Fsp3) is 0.357. The topological polar surface area (TPSA) is 29.9 Å². The lowest BCUT2D eigenvalue weighted by atomic mass is 10.2. The van der Waals surface area contributed by atoms with E-state index in [0.717, 1.165) is 28.8 Å². The van der Waals surface area contributed by atoms with Crippen LogP contribution < -0.4 is 5.32 Å². The Balaban J connectivity index is 2.27. The molecule has 1 heterocycles. The summed E-state index contributed by atoms with van der Waals surface area (Å²) in [4.78, 5) is 1.18. The fourth-order valence-electron chi connectivity index (χ4n) is 1.82. The molecule has 0 amide bonds. The lowest BCUT2D eigenvalue weighted by Gasteiger charge is -2.10. The van der Waals surface area contributed by atoms with Crippen LogP contribution in [0, 0.1) is 6.92 Å². The molecule has 1 aromatic heterocycles. The van der Waals surface area contributed by atoms with Gasteiger partial charge in [0.25, 0.3) is 0 Å². The van der Waals surface area contributed by atoms with E-state index < -0.39 is 0 Å². The van der Waals surface area contributed by atoms with E-state index in [2.05, 4.69) is 29.5 Å². The van der Waals surface area contributed by atoms with Gasteiger partial charge in [-0.1, -0.05) is 36.4 Å². The molecule has 0 bridgehead atoms. The van der Waals surface area contributed by atoms with Crippen LogP contribution in [0.15, 0.2) is 34.2 Å². The molecule has 0 saturated carbocycles. The summed E-state index contributed by atoms with van der Waals surface area (Å²) >= 11 is 7.81. The number of aromatic nitrogens is 2. The minimum atomic E-state index is 0.765. The molecule has 0 aliphatic carbocycles. The van der Waals surface area contributed by atoms with Crippen molar-refractivity contribution in [3.8, 4) is 0 Å². The van der Waals surface area contributed by atoms with Gasteiger partial charge in [0.15, 0.2) is 0 Å². The molecular weight excluding hydrogens is 278 g/mol. The number of hydrogen-bond acceptors (Lipinski definition) is 3. The predicted molar refractivity (Wildman–Crippen MR) is 80.9 cm³/mol. The Hall–Kier alpha value is -0.970. The Labute approximate surface area is 123 Å². The summed E-state index contributed by atoms with van der Waals surface area (Å²) in [7, 11) is 1.96. The SMILES string of the molecule is CCNCc1ccc(Cl)cc1Sc1cc(C)nn1C. The second-order valence-corrected chi connectivity index (χ2v) is 5.88. The maximum atomic E-state index is 6.11. The second kappa shape index (κ2) is 6.46. The number of nitrogens with zero attached hydrogens (tertiary/aromatic N) is 2. The number of nitrogens with one attached hydrogen (secondary N) is 1. The summed E-state index contributed by atoms with van der Waals surface area (Å²) in [5, 5.41) is 9.61. The molecule has 0 aliphatic heterocycles. The van der Waals surface area contributed by atoms with Crippen LogP contribution in [0.2, 0.25) is 5.02 Å². The van der Waals surface area contributed by atoms with Crippen molar-refractivity contribution in [1.82, 2.24) is 15.1 Å². The maximum Gasteiger partial charge on any atom is 0.0987 e. The highest BCUT2D eigenvalue weighted by atomic mass is 35.5. The lowest BCUT2D eigenvalue weighted by molar-refractivity contribution is 0.691. The molecule has 0 atom stereocenters. The fourth-order valence-corrected chi connectivity index (χ4v) is 3.15. The van der Waals surface area contributed by atoms with Crippen LogP contribution in [0.3, 0.4) is 0 Å². The summed E-state index contributed by atoms with van der Waals surface area (Å²) in [6.45, 7) is 5.92. The van der Waals surface area contributed by atoms with Gasteiger partial charge in [0.05, 0.1) is 10.7 Å². The van der Waals surface area contributed by atoms with Gasteiger partial charge < -0.3 is 5.32 Å². The molecule has 5 heteroatoms. The Morgan fingerprint density at radius 1 is 1.37 bits per heavy atom. The molecule has 1 N–H and O–H groups in total. The van der Waals surface area contributed by atoms with Crippen molar-refractivity contribution in [1.29, 1.82) is 0 Å². The molecule has 0 spiro atoms. The molecule has 3 nitrogen and oxygen atoms in total. The van der Waals surface area contributed by atoms with E-state index in [1.807, 2.05) is 30.8 Å². The van der Waals surface area contributed by atoms with Crippen molar-refractivity contribution in [2.45, 2.75) is 30.3 Å². The normalized spacial score (nSPS) is 10.9. The van der Waals surface area contributed by atoms with Crippen molar-refractivity contribution in [2.75, 3.05) is 6.54 Å². The molecule has 0 unspecified atom stereocenters. The maximum absolute atomic E-state index is 6.11. The third-order valence-electron chi connectivity index (χ3n) is 2.77. The minimum absolute atomic E-state index is 0.765. The average Bonchev–Trinajstić information content (AvgIpc) is 2.67. The Morgan fingerprint density at radius 3 is 2.79 bits per heavy atom. The van der Waals surface area contributed by atoms with E-state index in [1.165, 1.54) is 10.5 Å². The molecule has 19 heavy (non-hydrogen) atoms. The highest BCUT2D eigenvalue weighted by Crippen LogP contribution is 2.32. The number of halogens is 1. The molecule has 2 aromatic rings. The van der Waals surface area contributed by atoms with Crippen molar-refractivity contribution in [2.24, 2.45) is 7.05 Å². The smallest absolute Gasteiger partial charge is 0.0987 e. The van der Waals surface area contributed by atoms with Crippen LogP contribution in [0.5, 0.6) is 0 Å². The van der Waals surface area contributed by atoms with Gasteiger partial charge in [0, 0.05) is 23.5 Å². The number of rotatable bonds is 5. The molecule has 1 aromatic carbocycles. The molecule has 0 fully saturated rings. The largest absolute Gasteiger partial charge is 0.313 e. The Kier molecular flexibility index (Phi) is 4.91. The molecule has 2 rings (SSSR count). The molecule has 0 radical (unpaired) electrons. The summed E-state index contributed by atoms with van der Waals surface area (Å²) in [5.74, 6) is 0. The second-order valence-electron chi connectivity index (χ2n) is 4.38. The molecule has 0 saturated heterocycles. The van der Waals surface area contributed by atoms with Crippen molar-refractivity contribution < 1.29 is 0 Å². The van der Waals surface area contributed by atoms with Crippen LogP contribution in [0.4, 0.5) is 0 Å². The van der Waals surface area contributed by atoms with Crippen LogP contribution >= 0.6 is 23.4 Å². The van der Waals surface area contributed by atoms with Crippen LogP contribution in [0.1, 0.15) is 18.2 Å². The summed E-state index contributed by atoms with van der Waals surface area (Å²) in [6, 6.07) is 8.12. The highest BCUT2D eigenvalue weighted by Gasteiger charge is 2.09. The first-order valence-corrected chi connectivity index (χ1v) is 7.47. The van der Waals surface area contributed by atoms with Crippen molar-refractivity contribution in [3.05, 3.63) is 40.5 Å². The van der Waals surface area contributed by atoms with Crippen molar-refractivity contribution in [3.63, 3.8) is 0 Å². The van der Waals surface area contributed by atoms with Gasteiger partial charge >= 0.3 is 0 Å². The standard InChI is InChI=1S/C14H18ClN3S/c1-4-16-9-11-5-6-12(15)8-13(11)19-14-7-10(2)17-18(14)3/h5-8,16H,4,9H2,1-3H3. The van der Waals surface area contributed by atoms with Gasteiger partial charge in [-0.05, 0) is 37.2 Å². The van der Waals surface area contributed by atoms with E-state index in [1.54, 1.807) is 11.8 Å². The lowest BCUT2D eigenvalue weighted by Crippen LogP contribution is -2.12. The van der Waals surface area contributed by atoms with Crippen LogP contribution in [-0.4, -0.2) is 16.3 Å². The molecular formula is C14H18ClN3S. The van der Waals surface area contributed by atoms with E-state index in [4.69, 9.17) is 11.6 Å². The highest BCUT2D eigenvalue weighted by molar-refractivity contribution is 7.99. The van der Waals surface area contributed by atoms with E-state index in [0.29, 0.717) is 0 Å². The zero-order chi connectivity index (χ0) is 13.8. The molecule has 102 valence electrons. The summed E-state index contributed by atoms with van der Waals surface area (Å²) in [5.41, 5.74) is 2.29. The average molecular weight is 296 g/mol. The van der Waals surface area contributed by atoms with E-state index >= 15 is 0 Å². The van der Waals surface area contributed by atoms with Crippen LogP contribution in [0.25, 0.3) is 0 Å². The number of hydrogen-bond donors (Lipinski definition) is 1. The van der Waals surface area contributed by atoms with E-state index in [-0.39, 0.29) is 0 Å². The predicted octanol–water partition coefficient (Wildman–Crippen LogP) is 3.64. The van der Waals surface area contributed by atoms with Gasteiger partial charge in [-0.15, -0.1) is 0 Å². The van der Waals surface area contributed by atoms with E-state index in [9.17, 15) is 0 Å². The minimum Gasteiger partial charge on any atom is -0.313 e. The zero-order valence-corrected chi connectivity index (χ0v) is 13.0. The first-order valence-electron chi connectivity index (χ1n) is 6.27. The first kappa shape index (κ1) is 14.4. The van der Waals surface area contributed by atoms with Gasteiger partial charge in [-0.25, -0.2) is 0 Å². The first-order chi connectivity index (χ1) is 9.10. The quantitative estimate of drug-likeness (QED) is 0.913. The Morgan fingerprint density at radius 2 is 2.16 bits per heavy atom. The monoisotopic (exact) mass is 295 g/mol. The van der Waals surface area contributed by atoms with Gasteiger partial charge in [0.1, 0.15) is 0 Å².